The Balaban J connectivity index is 1.30. The van der Waals surface area contributed by atoms with Gasteiger partial charge in [0.25, 0.3) is 0 Å². The molecule has 0 spiro atoms. The highest BCUT2D eigenvalue weighted by atomic mass is 19.1. The second-order valence-corrected chi connectivity index (χ2v) is 6.27. The van der Waals surface area contributed by atoms with Gasteiger partial charge >= 0.3 is 0 Å². The van der Waals surface area contributed by atoms with Crippen LogP contribution in [0, 0.1) is 17.6 Å². The van der Waals surface area contributed by atoms with E-state index in [-0.39, 0.29) is 29.4 Å². The highest BCUT2D eigenvalue weighted by Crippen LogP contribution is 2.48. The average Bonchev–Trinajstić information content (AvgIpc) is 3.40. The molecule has 1 amide bonds. The van der Waals surface area contributed by atoms with E-state index in [1.807, 2.05) is 0 Å². The van der Waals surface area contributed by atoms with Gasteiger partial charge in [-0.1, -0.05) is 18.2 Å². The minimum Gasteiger partial charge on any atom is -0.494 e. The number of hydrogen-bond acceptors (Lipinski definition) is 2. The molecule has 1 aliphatic carbocycles. The van der Waals surface area contributed by atoms with Crippen molar-refractivity contribution < 1.29 is 18.3 Å². The van der Waals surface area contributed by atoms with Crippen LogP contribution in [0.4, 0.5) is 8.78 Å². The van der Waals surface area contributed by atoms with Gasteiger partial charge in [0.2, 0.25) is 5.91 Å². The number of halogens is 2. The molecule has 2 atom stereocenters. The monoisotopic (exact) mass is 345 g/mol. The summed E-state index contributed by atoms with van der Waals surface area (Å²) < 4.78 is 32.0. The third-order valence-corrected chi connectivity index (χ3v) is 4.38. The van der Waals surface area contributed by atoms with Crippen LogP contribution in [0.5, 0.6) is 5.75 Å². The third-order valence-electron chi connectivity index (χ3n) is 4.38. The molecular weight excluding hydrogens is 324 g/mol. The van der Waals surface area contributed by atoms with Crippen LogP contribution < -0.4 is 10.1 Å². The van der Waals surface area contributed by atoms with E-state index < -0.39 is 0 Å². The van der Waals surface area contributed by atoms with Gasteiger partial charge < -0.3 is 10.1 Å². The highest BCUT2D eigenvalue weighted by Gasteiger charge is 2.44. The molecule has 0 heterocycles. The van der Waals surface area contributed by atoms with Crippen molar-refractivity contribution in [3.63, 3.8) is 0 Å². The summed E-state index contributed by atoms with van der Waals surface area (Å²) >= 11 is 0. The van der Waals surface area contributed by atoms with Crippen LogP contribution in [0.15, 0.2) is 48.5 Å². The zero-order chi connectivity index (χ0) is 17.6. The minimum atomic E-state index is -0.288. The SMILES string of the molecule is O=C(NCCCCOc1ccc(F)cc1)C1CC1c1ccccc1F. The smallest absolute Gasteiger partial charge is 0.223 e. The van der Waals surface area contributed by atoms with Crippen LogP contribution in [-0.2, 0) is 4.79 Å². The molecule has 2 aromatic rings. The summed E-state index contributed by atoms with van der Waals surface area (Å²) in [7, 11) is 0. The number of ether oxygens (including phenoxy) is 1. The number of carbonyl (C=O) groups is 1. The Labute approximate surface area is 146 Å². The van der Waals surface area contributed by atoms with E-state index in [1.165, 1.54) is 18.2 Å². The lowest BCUT2D eigenvalue weighted by molar-refractivity contribution is -0.122. The van der Waals surface area contributed by atoms with Crippen molar-refractivity contribution in [2.24, 2.45) is 5.92 Å². The van der Waals surface area contributed by atoms with Gasteiger partial charge in [-0.25, -0.2) is 8.78 Å². The first-order chi connectivity index (χ1) is 12.1. The van der Waals surface area contributed by atoms with Crippen LogP contribution >= 0.6 is 0 Å². The zero-order valence-corrected chi connectivity index (χ0v) is 13.9. The van der Waals surface area contributed by atoms with E-state index in [9.17, 15) is 13.6 Å². The summed E-state index contributed by atoms with van der Waals surface area (Å²) in [4.78, 5) is 12.1. The maximum atomic E-state index is 13.7. The van der Waals surface area contributed by atoms with Gasteiger partial charge in [0.15, 0.2) is 0 Å². The van der Waals surface area contributed by atoms with E-state index in [2.05, 4.69) is 5.32 Å². The number of amides is 1. The fraction of sp³-hybridized carbons (Fsp3) is 0.350. The Hall–Kier alpha value is -2.43. The molecule has 2 aromatic carbocycles. The summed E-state index contributed by atoms with van der Waals surface area (Å²) in [6.45, 7) is 1.09. The van der Waals surface area contributed by atoms with Gasteiger partial charge in [0, 0.05) is 12.5 Å². The molecule has 0 bridgehead atoms. The van der Waals surface area contributed by atoms with Crippen molar-refractivity contribution in [3.8, 4) is 5.75 Å². The normalized spacial score (nSPS) is 18.6. The molecule has 1 N–H and O–H groups in total. The second kappa shape index (κ2) is 8.10. The maximum Gasteiger partial charge on any atom is 0.223 e. The minimum absolute atomic E-state index is 0.00279. The van der Waals surface area contributed by atoms with Crippen LogP contribution in [0.3, 0.4) is 0 Å². The number of carbonyl (C=O) groups excluding carboxylic acids is 1. The van der Waals surface area contributed by atoms with E-state index in [4.69, 9.17) is 4.74 Å². The van der Waals surface area contributed by atoms with Crippen LogP contribution in [0.2, 0.25) is 0 Å². The predicted molar refractivity (Wildman–Crippen MR) is 91.4 cm³/mol. The van der Waals surface area contributed by atoms with Gasteiger partial charge in [0.1, 0.15) is 17.4 Å². The van der Waals surface area contributed by atoms with E-state index in [1.54, 1.807) is 30.3 Å². The molecule has 25 heavy (non-hydrogen) atoms. The molecule has 132 valence electrons. The maximum absolute atomic E-state index is 13.7. The molecule has 5 heteroatoms. The summed E-state index contributed by atoms with van der Waals surface area (Å²) in [5.41, 5.74) is 0.635. The molecule has 0 saturated heterocycles. The third kappa shape index (κ3) is 4.78. The average molecular weight is 345 g/mol. The van der Waals surface area contributed by atoms with Crippen molar-refractivity contribution in [2.75, 3.05) is 13.2 Å². The molecule has 3 rings (SSSR count). The summed E-state index contributed by atoms with van der Waals surface area (Å²) in [6, 6.07) is 12.5. The van der Waals surface area contributed by atoms with Crippen molar-refractivity contribution in [3.05, 3.63) is 65.7 Å². The Morgan fingerprint density at radius 3 is 2.60 bits per heavy atom. The van der Waals surface area contributed by atoms with E-state index >= 15 is 0 Å². The van der Waals surface area contributed by atoms with Gasteiger partial charge in [-0.15, -0.1) is 0 Å². The summed E-state index contributed by atoms with van der Waals surface area (Å²) in [6.07, 6.45) is 2.30. The first-order valence-electron chi connectivity index (χ1n) is 8.55. The topological polar surface area (TPSA) is 38.3 Å². The lowest BCUT2D eigenvalue weighted by atomic mass is 10.1. The number of unbranched alkanes of at least 4 members (excludes halogenated alkanes) is 1. The van der Waals surface area contributed by atoms with Crippen LogP contribution in [-0.4, -0.2) is 19.1 Å². The summed E-state index contributed by atoms with van der Waals surface area (Å²) in [5.74, 6) is -0.0104. The second-order valence-electron chi connectivity index (χ2n) is 6.27. The Morgan fingerprint density at radius 1 is 1.08 bits per heavy atom. The molecular formula is C20H21F2NO2. The Bertz CT molecular complexity index is 718. The van der Waals surface area contributed by atoms with Crippen molar-refractivity contribution in [1.82, 2.24) is 5.32 Å². The Kier molecular flexibility index (Phi) is 5.64. The van der Waals surface area contributed by atoms with Crippen molar-refractivity contribution >= 4 is 5.91 Å². The van der Waals surface area contributed by atoms with Gasteiger partial charge in [-0.2, -0.15) is 0 Å². The van der Waals surface area contributed by atoms with Crippen molar-refractivity contribution in [1.29, 1.82) is 0 Å². The molecule has 0 radical (unpaired) electrons. The molecule has 0 aliphatic heterocycles. The molecule has 3 nitrogen and oxygen atoms in total. The fourth-order valence-electron chi connectivity index (χ4n) is 2.89. The number of rotatable bonds is 8. The zero-order valence-electron chi connectivity index (χ0n) is 13.9. The Morgan fingerprint density at radius 2 is 1.84 bits per heavy atom. The van der Waals surface area contributed by atoms with Crippen LogP contribution in [0.25, 0.3) is 0 Å². The number of benzene rings is 2. The van der Waals surface area contributed by atoms with Gasteiger partial charge in [-0.3, -0.25) is 4.79 Å². The first-order valence-corrected chi connectivity index (χ1v) is 8.55. The largest absolute Gasteiger partial charge is 0.494 e. The molecule has 0 aromatic heterocycles. The van der Waals surface area contributed by atoms with Crippen molar-refractivity contribution in [2.45, 2.75) is 25.2 Å². The fourth-order valence-corrected chi connectivity index (χ4v) is 2.89. The lowest BCUT2D eigenvalue weighted by Gasteiger charge is -2.07. The lowest BCUT2D eigenvalue weighted by Crippen LogP contribution is -2.26. The van der Waals surface area contributed by atoms with Gasteiger partial charge in [0.05, 0.1) is 6.61 Å². The molecule has 1 saturated carbocycles. The van der Waals surface area contributed by atoms with Gasteiger partial charge in [-0.05, 0) is 61.1 Å². The quantitative estimate of drug-likeness (QED) is 0.733. The summed E-state index contributed by atoms with van der Waals surface area (Å²) in [5, 5.41) is 2.90. The first kappa shape index (κ1) is 17.4. The predicted octanol–water partition coefficient (Wildman–Crippen LogP) is 4.04. The standard InChI is InChI=1S/C20H21F2NO2/c21-14-7-9-15(10-8-14)25-12-4-3-11-23-20(24)18-13-17(18)16-5-1-2-6-19(16)22/h1-2,5-10,17-18H,3-4,11-13H2,(H,23,24). The highest BCUT2D eigenvalue weighted by molar-refractivity contribution is 5.82. The number of hydrogen-bond donors (Lipinski definition) is 1. The van der Waals surface area contributed by atoms with Crippen LogP contribution in [0.1, 0.15) is 30.7 Å². The molecule has 2 unspecified atom stereocenters. The molecule has 1 aliphatic rings. The van der Waals surface area contributed by atoms with E-state index in [0.29, 0.717) is 30.9 Å². The molecule has 1 fully saturated rings. The number of nitrogens with one attached hydrogen (secondary N) is 1. The van der Waals surface area contributed by atoms with E-state index in [0.717, 1.165) is 12.8 Å².